The fourth-order valence-corrected chi connectivity index (χ4v) is 8.13. The highest BCUT2D eigenvalue weighted by Crippen LogP contribution is 2.33. The fourth-order valence-electron chi connectivity index (χ4n) is 5.92. The number of hydrogen-bond acceptors (Lipinski definition) is 7. The lowest BCUT2D eigenvalue weighted by molar-refractivity contribution is 0.492. The molecule has 2 N–H and O–H groups in total. The van der Waals surface area contributed by atoms with Crippen molar-refractivity contribution >= 4 is 43.1 Å². The van der Waals surface area contributed by atoms with Gasteiger partial charge in [0, 0.05) is 16.7 Å². The summed E-state index contributed by atoms with van der Waals surface area (Å²) in [4.78, 5) is 4.68. The molecular formula is C36H52ClN5O5S2. The SMILES string of the molecule is CCCCCCCCCCCCCCCc1cc(OS(C)(=O)=O)ccc1S(=O)(=O)Nc1cccc(-c2nc3c(Cl)c(C(C)(C)C)[nH]n3n2)c1. The number of aromatic amines is 1. The first kappa shape index (κ1) is 38.7. The summed E-state index contributed by atoms with van der Waals surface area (Å²) in [6.07, 6.45) is 17.1. The molecule has 0 aliphatic carbocycles. The molecule has 10 nitrogen and oxygen atoms in total. The molecule has 270 valence electrons. The number of nitrogens with zero attached hydrogens (tertiary/aromatic N) is 3. The van der Waals surface area contributed by atoms with Crippen molar-refractivity contribution in [3.8, 4) is 17.1 Å². The van der Waals surface area contributed by atoms with Crippen LogP contribution in [0.1, 0.15) is 122 Å². The van der Waals surface area contributed by atoms with Crippen molar-refractivity contribution in [1.29, 1.82) is 0 Å². The molecule has 0 spiro atoms. The normalized spacial score (nSPS) is 12.5. The van der Waals surface area contributed by atoms with Crippen LogP contribution in [0.25, 0.3) is 17.0 Å². The first-order chi connectivity index (χ1) is 23.2. The second-order valence-corrected chi connectivity index (χ2v) is 17.6. The Morgan fingerprint density at radius 1 is 0.857 bits per heavy atom. The molecule has 0 bridgehead atoms. The quantitative estimate of drug-likeness (QED) is 0.0682. The van der Waals surface area contributed by atoms with Crippen molar-refractivity contribution in [2.75, 3.05) is 11.0 Å². The van der Waals surface area contributed by atoms with E-state index >= 15 is 0 Å². The van der Waals surface area contributed by atoms with E-state index in [0.29, 0.717) is 39.7 Å². The molecule has 49 heavy (non-hydrogen) atoms. The van der Waals surface area contributed by atoms with Crippen LogP contribution in [0.2, 0.25) is 5.02 Å². The van der Waals surface area contributed by atoms with Gasteiger partial charge in [-0.15, -0.1) is 5.10 Å². The minimum Gasteiger partial charge on any atom is -0.383 e. The minimum absolute atomic E-state index is 0.0765. The summed E-state index contributed by atoms with van der Waals surface area (Å²) in [5.74, 6) is 0.475. The summed E-state index contributed by atoms with van der Waals surface area (Å²) in [5.41, 5.74) is 2.53. The van der Waals surface area contributed by atoms with Crippen molar-refractivity contribution in [1.82, 2.24) is 19.8 Å². The molecular weight excluding hydrogens is 682 g/mol. The zero-order chi connectivity index (χ0) is 35.7. The second-order valence-electron chi connectivity index (χ2n) is 14.0. The lowest BCUT2D eigenvalue weighted by Gasteiger charge is -2.16. The van der Waals surface area contributed by atoms with Crippen LogP contribution in [0.5, 0.6) is 5.75 Å². The molecule has 2 aromatic heterocycles. The molecule has 2 heterocycles. The predicted octanol–water partition coefficient (Wildman–Crippen LogP) is 9.45. The number of aryl methyl sites for hydroxylation is 1. The highest BCUT2D eigenvalue weighted by Gasteiger charge is 2.25. The van der Waals surface area contributed by atoms with Gasteiger partial charge in [-0.3, -0.25) is 9.82 Å². The van der Waals surface area contributed by atoms with E-state index in [1.165, 1.54) is 80.6 Å². The third-order valence-corrected chi connectivity index (χ3v) is 10.8. The number of rotatable bonds is 20. The largest absolute Gasteiger partial charge is 0.383 e. The average Bonchev–Trinajstić information content (AvgIpc) is 3.58. The van der Waals surface area contributed by atoms with E-state index < -0.39 is 20.1 Å². The topological polar surface area (TPSA) is 136 Å². The van der Waals surface area contributed by atoms with E-state index in [2.05, 4.69) is 26.8 Å². The van der Waals surface area contributed by atoms with Crippen molar-refractivity contribution in [3.63, 3.8) is 0 Å². The van der Waals surface area contributed by atoms with Crippen molar-refractivity contribution in [2.45, 2.75) is 128 Å². The monoisotopic (exact) mass is 733 g/mol. The van der Waals surface area contributed by atoms with Crippen LogP contribution >= 0.6 is 11.6 Å². The molecule has 0 unspecified atom stereocenters. The lowest BCUT2D eigenvalue weighted by Crippen LogP contribution is -2.16. The Bertz CT molecular complexity index is 1900. The van der Waals surface area contributed by atoms with Crippen LogP contribution in [0.3, 0.4) is 0 Å². The van der Waals surface area contributed by atoms with Gasteiger partial charge in [-0.05, 0) is 48.7 Å². The predicted molar refractivity (Wildman–Crippen MR) is 199 cm³/mol. The molecule has 0 fully saturated rings. The molecule has 0 aliphatic heterocycles. The number of fused-ring (bicyclic) bond motifs is 1. The summed E-state index contributed by atoms with van der Waals surface area (Å²) >= 11 is 6.60. The Balaban J connectivity index is 1.41. The highest BCUT2D eigenvalue weighted by atomic mass is 35.5. The Morgan fingerprint density at radius 3 is 2.04 bits per heavy atom. The third kappa shape index (κ3) is 11.5. The Hall–Kier alpha value is -3.09. The number of hydrogen-bond donors (Lipinski definition) is 2. The van der Waals surface area contributed by atoms with E-state index in [1.54, 1.807) is 24.3 Å². The molecule has 0 saturated heterocycles. The first-order valence-corrected chi connectivity index (χ1v) is 21.2. The molecule has 13 heteroatoms. The van der Waals surface area contributed by atoms with Gasteiger partial charge in [-0.1, -0.05) is 128 Å². The van der Waals surface area contributed by atoms with Gasteiger partial charge in [-0.25, -0.2) is 13.4 Å². The first-order valence-electron chi connectivity index (χ1n) is 17.5. The highest BCUT2D eigenvalue weighted by molar-refractivity contribution is 7.92. The van der Waals surface area contributed by atoms with E-state index in [9.17, 15) is 16.8 Å². The second kappa shape index (κ2) is 17.2. The Morgan fingerprint density at radius 2 is 1.47 bits per heavy atom. The average molecular weight is 734 g/mol. The number of unbranched alkanes of at least 4 members (excludes halogenated alkanes) is 12. The number of aromatic nitrogens is 4. The lowest BCUT2D eigenvalue weighted by atomic mass is 9.92. The van der Waals surface area contributed by atoms with Gasteiger partial charge in [0.25, 0.3) is 10.0 Å². The summed E-state index contributed by atoms with van der Waals surface area (Å²) in [6, 6.07) is 11.1. The van der Waals surface area contributed by atoms with Crippen LogP contribution in [0.15, 0.2) is 47.4 Å². The summed E-state index contributed by atoms with van der Waals surface area (Å²) < 4.78 is 60.4. The van der Waals surface area contributed by atoms with E-state index in [1.807, 2.05) is 20.8 Å². The molecule has 0 aliphatic rings. The zero-order valence-electron chi connectivity index (χ0n) is 29.5. The van der Waals surface area contributed by atoms with Gasteiger partial charge >= 0.3 is 10.1 Å². The van der Waals surface area contributed by atoms with Crippen molar-refractivity contribution in [2.24, 2.45) is 0 Å². The number of halogens is 1. The van der Waals surface area contributed by atoms with Gasteiger partial charge < -0.3 is 4.18 Å². The van der Waals surface area contributed by atoms with Crippen LogP contribution in [-0.2, 0) is 32.0 Å². The van der Waals surface area contributed by atoms with Crippen LogP contribution in [0, 0.1) is 0 Å². The third-order valence-electron chi connectivity index (χ3n) is 8.48. The van der Waals surface area contributed by atoms with Crippen molar-refractivity contribution in [3.05, 3.63) is 58.7 Å². The maximum absolute atomic E-state index is 13.7. The Labute approximate surface area is 297 Å². The number of H-pyrrole nitrogens is 1. The maximum Gasteiger partial charge on any atom is 0.306 e. The van der Waals surface area contributed by atoms with Gasteiger partial charge in [0.05, 0.1) is 16.8 Å². The van der Waals surface area contributed by atoms with Gasteiger partial charge in [0.2, 0.25) is 0 Å². The Kier molecular flexibility index (Phi) is 13.6. The number of nitrogens with one attached hydrogen (secondary N) is 2. The summed E-state index contributed by atoms with van der Waals surface area (Å²) in [5, 5.41) is 8.22. The van der Waals surface area contributed by atoms with E-state index in [4.69, 9.17) is 15.8 Å². The molecule has 0 saturated carbocycles. The molecule has 4 rings (SSSR count). The summed E-state index contributed by atoms with van der Waals surface area (Å²) in [6.45, 7) is 8.36. The zero-order valence-corrected chi connectivity index (χ0v) is 31.9. The van der Waals surface area contributed by atoms with Crippen LogP contribution in [-0.4, -0.2) is 42.9 Å². The number of sulfonamides is 1. The van der Waals surface area contributed by atoms with E-state index in [0.717, 1.165) is 37.6 Å². The van der Waals surface area contributed by atoms with Crippen LogP contribution in [0.4, 0.5) is 5.69 Å². The standard InChI is InChI=1S/C36H52ClN5O5S2/c1-6-7-8-9-10-11-12-13-14-15-16-17-18-20-27-26-30(47-48(5,43)44)23-24-31(27)49(45,46)41-29-22-19-21-28(25-29)34-38-35-32(37)33(36(2,3)4)39-42(35)40-34/h19,21-26,39,41H,6-18,20H2,1-5H3. The minimum atomic E-state index is -4.04. The molecule has 0 radical (unpaired) electrons. The molecule has 0 atom stereocenters. The number of anilines is 1. The number of benzene rings is 2. The van der Waals surface area contributed by atoms with Crippen molar-refractivity contribution < 1.29 is 21.0 Å². The summed E-state index contributed by atoms with van der Waals surface area (Å²) in [7, 11) is -7.82. The van der Waals surface area contributed by atoms with Gasteiger partial charge in [-0.2, -0.15) is 13.0 Å². The van der Waals surface area contributed by atoms with Crippen LogP contribution < -0.4 is 8.91 Å². The molecule has 4 aromatic rings. The maximum atomic E-state index is 13.7. The fraction of sp³-hybridized carbons (Fsp3) is 0.556. The van der Waals surface area contributed by atoms with E-state index in [-0.39, 0.29) is 16.1 Å². The smallest absolute Gasteiger partial charge is 0.306 e. The molecule has 2 aromatic carbocycles. The molecule has 0 amide bonds. The van der Waals surface area contributed by atoms with Gasteiger partial charge in [0.15, 0.2) is 11.5 Å². The van der Waals surface area contributed by atoms with Gasteiger partial charge in [0.1, 0.15) is 10.8 Å².